The molecule has 1 aromatic rings. The van der Waals surface area contributed by atoms with Crippen molar-refractivity contribution < 1.29 is 22.4 Å². The zero-order valence-electron chi connectivity index (χ0n) is 16.5. The summed E-state index contributed by atoms with van der Waals surface area (Å²) >= 11 is 0. The van der Waals surface area contributed by atoms with Crippen LogP contribution >= 0.6 is 0 Å². The number of nitrogens with one attached hydrogen (secondary N) is 1. The fourth-order valence-electron chi connectivity index (χ4n) is 3.35. The molecule has 1 saturated heterocycles. The second-order valence-corrected chi connectivity index (χ2v) is 9.57. The number of rotatable bonds is 8. The summed E-state index contributed by atoms with van der Waals surface area (Å²) in [5, 5.41) is 2.65. The van der Waals surface area contributed by atoms with Crippen LogP contribution in [0.1, 0.15) is 26.7 Å². The quantitative estimate of drug-likeness (QED) is 0.698. The minimum atomic E-state index is -3.10. The topological polar surface area (TPSA) is 86.8 Å². The standard InChI is InChI=1S/C19H28FN3O4S/c1-4-14(2)23(17-9-10-28(26,27)13-17)19(25)12-22(3)11-18(24)21-16-7-5-15(20)6-8-16/h5-8,14,17H,4,9-13H2,1-3H3,(H,21,24)/t14-,17-/m0/s1. The third-order valence-electron chi connectivity index (χ3n) is 4.90. The lowest BCUT2D eigenvalue weighted by Crippen LogP contribution is -2.50. The first-order valence-electron chi connectivity index (χ1n) is 9.37. The smallest absolute Gasteiger partial charge is 0.238 e. The average molecular weight is 414 g/mol. The molecule has 0 unspecified atom stereocenters. The third-order valence-corrected chi connectivity index (χ3v) is 6.65. The molecule has 0 aliphatic carbocycles. The highest BCUT2D eigenvalue weighted by atomic mass is 32.2. The number of halogens is 1. The summed E-state index contributed by atoms with van der Waals surface area (Å²) in [4.78, 5) is 28.2. The maximum absolute atomic E-state index is 12.9. The molecule has 1 heterocycles. The number of nitrogens with zero attached hydrogens (tertiary/aromatic N) is 2. The van der Waals surface area contributed by atoms with Gasteiger partial charge in [0.1, 0.15) is 5.82 Å². The largest absolute Gasteiger partial charge is 0.335 e. The van der Waals surface area contributed by atoms with E-state index in [9.17, 15) is 22.4 Å². The number of anilines is 1. The van der Waals surface area contributed by atoms with Crippen LogP contribution in [-0.2, 0) is 19.4 Å². The van der Waals surface area contributed by atoms with Crippen LogP contribution in [0.15, 0.2) is 24.3 Å². The lowest BCUT2D eigenvalue weighted by atomic mass is 10.1. The molecule has 7 nitrogen and oxygen atoms in total. The second kappa shape index (κ2) is 9.47. The van der Waals surface area contributed by atoms with Gasteiger partial charge in [-0.25, -0.2) is 12.8 Å². The molecule has 9 heteroatoms. The summed E-state index contributed by atoms with van der Waals surface area (Å²) in [6.45, 7) is 3.86. The van der Waals surface area contributed by atoms with E-state index in [1.165, 1.54) is 24.3 Å². The molecule has 28 heavy (non-hydrogen) atoms. The van der Waals surface area contributed by atoms with E-state index in [2.05, 4.69) is 5.32 Å². The van der Waals surface area contributed by atoms with E-state index in [4.69, 9.17) is 0 Å². The van der Waals surface area contributed by atoms with Crippen LogP contribution in [-0.4, -0.2) is 73.8 Å². The van der Waals surface area contributed by atoms with Crippen molar-refractivity contribution in [3.05, 3.63) is 30.1 Å². The molecule has 0 saturated carbocycles. The monoisotopic (exact) mass is 413 g/mol. The van der Waals surface area contributed by atoms with Gasteiger partial charge in [-0.2, -0.15) is 0 Å². The van der Waals surface area contributed by atoms with Gasteiger partial charge in [0.05, 0.1) is 24.6 Å². The van der Waals surface area contributed by atoms with Crippen molar-refractivity contribution in [2.75, 3.05) is 37.0 Å². The van der Waals surface area contributed by atoms with Gasteiger partial charge < -0.3 is 10.2 Å². The number of amides is 2. The molecule has 156 valence electrons. The van der Waals surface area contributed by atoms with Crippen molar-refractivity contribution in [2.24, 2.45) is 0 Å². The molecule has 2 atom stereocenters. The van der Waals surface area contributed by atoms with Crippen LogP contribution in [0.2, 0.25) is 0 Å². The predicted molar refractivity (Wildman–Crippen MR) is 106 cm³/mol. The minimum Gasteiger partial charge on any atom is -0.335 e. The Labute approximate surface area is 165 Å². The van der Waals surface area contributed by atoms with Gasteiger partial charge in [-0.05, 0) is 51.1 Å². The van der Waals surface area contributed by atoms with Gasteiger partial charge in [0.2, 0.25) is 11.8 Å². The van der Waals surface area contributed by atoms with E-state index in [1.807, 2.05) is 13.8 Å². The Morgan fingerprint density at radius 2 is 1.89 bits per heavy atom. The van der Waals surface area contributed by atoms with Crippen LogP contribution in [0.4, 0.5) is 10.1 Å². The Balaban J connectivity index is 1.94. The fraction of sp³-hybridized carbons (Fsp3) is 0.579. The van der Waals surface area contributed by atoms with E-state index in [1.54, 1.807) is 16.8 Å². The summed E-state index contributed by atoms with van der Waals surface area (Å²) in [5.41, 5.74) is 0.475. The third kappa shape index (κ3) is 6.27. The fourth-order valence-corrected chi connectivity index (χ4v) is 5.06. The second-order valence-electron chi connectivity index (χ2n) is 7.34. The van der Waals surface area contributed by atoms with Crippen molar-refractivity contribution in [2.45, 2.75) is 38.8 Å². The highest BCUT2D eigenvalue weighted by molar-refractivity contribution is 7.91. The number of hydrogen-bond donors (Lipinski definition) is 1. The van der Waals surface area contributed by atoms with Gasteiger partial charge >= 0.3 is 0 Å². The number of benzene rings is 1. The molecule has 0 spiro atoms. The molecule has 1 fully saturated rings. The maximum Gasteiger partial charge on any atom is 0.238 e. The van der Waals surface area contributed by atoms with Crippen molar-refractivity contribution in [1.82, 2.24) is 9.80 Å². The zero-order chi connectivity index (χ0) is 20.9. The first-order chi connectivity index (χ1) is 13.1. The van der Waals surface area contributed by atoms with Crippen LogP contribution < -0.4 is 5.32 Å². The molecule has 1 aliphatic rings. The molecule has 0 radical (unpaired) electrons. The summed E-state index contributed by atoms with van der Waals surface area (Å²) in [6.07, 6.45) is 1.17. The minimum absolute atomic E-state index is 0.00214. The van der Waals surface area contributed by atoms with E-state index in [0.717, 1.165) is 6.42 Å². The Bertz CT molecular complexity index is 798. The molecular weight excluding hydrogens is 385 g/mol. The van der Waals surface area contributed by atoms with Crippen LogP contribution in [0.3, 0.4) is 0 Å². The van der Waals surface area contributed by atoms with Crippen LogP contribution in [0, 0.1) is 5.82 Å². The molecule has 0 bridgehead atoms. The van der Waals surface area contributed by atoms with Crippen molar-refractivity contribution in [3.8, 4) is 0 Å². The van der Waals surface area contributed by atoms with Gasteiger partial charge in [-0.3, -0.25) is 14.5 Å². The highest BCUT2D eigenvalue weighted by Gasteiger charge is 2.36. The lowest BCUT2D eigenvalue weighted by Gasteiger charge is -2.34. The van der Waals surface area contributed by atoms with Gasteiger partial charge in [-0.15, -0.1) is 0 Å². The van der Waals surface area contributed by atoms with E-state index >= 15 is 0 Å². The maximum atomic E-state index is 12.9. The predicted octanol–water partition coefficient (Wildman–Crippen LogP) is 1.51. The Kier molecular flexibility index (Phi) is 7.54. The molecule has 2 amide bonds. The van der Waals surface area contributed by atoms with Crippen molar-refractivity contribution in [1.29, 1.82) is 0 Å². The molecule has 1 aromatic carbocycles. The van der Waals surface area contributed by atoms with Crippen molar-refractivity contribution in [3.63, 3.8) is 0 Å². The lowest BCUT2D eigenvalue weighted by molar-refractivity contribution is -0.136. The Hall–Kier alpha value is -2.00. The number of hydrogen-bond acceptors (Lipinski definition) is 5. The molecule has 1 N–H and O–H groups in total. The van der Waals surface area contributed by atoms with E-state index in [-0.39, 0.29) is 54.3 Å². The van der Waals surface area contributed by atoms with Crippen molar-refractivity contribution >= 4 is 27.3 Å². The van der Waals surface area contributed by atoms with Gasteiger partial charge in [0.25, 0.3) is 0 Å². The number of carbonyl (C=O) groups is 2. The van der Waals surface area contributed by atoms with Crippen LogP contribution in [0.25, 0.3) is 0 Å². The van der Waals surface area contributed by atoms with Gasteiger partial charge in [-0.1, -0.05) is 6.92 Å². The number of sulfone groups is 1. The summed E-state index contributed by atoms with van der Waals surface area (Å²) < 4.78 is 36.6. The molecular formula is C19H28FN3O4S. The average Bonchev–Trinajstić information content (AvgIpc) is 2.96. The summed E-state index contributed by atoms with van der Waals surface area (Å²) in [5.74, 6) is -0.792. The Morgan fingerprint density at radius 1 is 1.25 bits per heavy atom. The van der Waals surface area contributed by atoms with Gasteiger partial charge in [0.15, 0.2) is 9.84 Å². The zero-order valence-corrected chi connectivity index (χ0v) is 17.3. The molecule has 1 aliphatic heterocycles. The first-order valence-corrected chi connectivity index (χ1v) is 11.2. The Morgan fingerprint density at radius 3 is 2.43 bits per heavy atom. The number of likely N-dealkylation sites (N-methyl/N-ethyl adjacent to an activating group) is 1. The molecule has 0 aromatic heterocycles. The normalized spacial score (nSPS) is 19.4. The highest BCUT2D eigenvalue weighted by Crippen LogP contribution is 2.21. The van der Waals surface area contributed by atoms with Crippen LogP contribution in [0.5, 0.6) is 0 Å². The summed E-state index contributed by atoms with van der Waals surface area (Å²) in [7, 11) is -1.44. The van der Waals surface area contributed by atoms with E-state index in [0.29, 0.717) is 12.1 Å². The molecule has 2 rings (SSSR count). The summed E-state index contributed by atoms with van der Waals surface area (Å²) in [6, 6.07) is 5.04. The number of carbonyl (C=O) groups excluding carboxylic acids is 2. The van der Waals surface area contributed by atoms with E-state index < -0.39 is 9.84 Å². The first kappa shape index (κ1) is 22.3. The van der Waals surface area contributed by atoms with Gasteiger partial charge in [0, 0.05) is 17.8 Å². The SMILES string of the molecule is CC[C@H](C)N(C(=O)CN(C)CC(=O)Nc1ccc(F)cc1)[C@H]1CCS(=O)(=O)C1.